The number of H-pyrrole nitrogens is 1. The van der Waals surface area contributed by atoms with Gasteiger partial charge in [0.15, 0.2) is 0 Å². The van der Waals surface area contributed by atoms with Gasteiger partial charge in [-0.25, -0.2) is 4.52 Å². The van der Waals surface area contributed by atoms with E-state index in [1.807, 2.05) is 0 Å². The summed E-state index contributed by atoms with van der Waals surface area (Å²) in [5.41, 5.74) is 5.56. The molecule has 6 heteroatoms. The number of nitrogens with zero attached hydrogens (tertiary/aromatic N) is 2. The first-order chi connectivity index (χ1) is 5.66. The SMILES string of the molecule is Nc1nn2cc(Br)cc2c(=O)[nH]1. The van der Waals surface area contributed by atoms with Gasteiger partial charge >= 0.3 is 0 Å². The van der Waals surface area contributed by atoms with Gasteiger partial charge < -0.3 is 5.73 Å². The largest absolute Gasteiger partial charge is 0.368 e. The van der Waals surface area contributed by atoms with Crippen molar-refractivity contribution in [2.45, 2.75) is 0 Å². The van der Waals surface area contributed by atoms with E-state index >= 15 is 0 Å². The van der Waals surface area contributed by atoms with E-state index < -0.39 is 0 Å². The number of nitrogens with two attached hydrogens (primary N) is 1. The van der Waals surface area contributed by atoms with E-state index in [0.717, 1.165) is 4.47 Å². The second-order valence-corrected chi connectivity index (χ2v) is 3.24. The normalized spacial score (nSPS) is 10.8. The molecule has 62 valence electrons. The van der Waals surface area contributed by atoms with Crippen LogP contribution in [0.15, 0.2) is 21.5 Å². The average molecular weight is 229 g/mol. The van der Waals surface area contributed by atoms with E-state index in [1.54, 1.807) is 12.3 Å². The minimum atomic E-state index is -0.242. The van der Waals surface area contributed by atoms with E-state index in [9.17, 15) is 4.79 Å². The predicted molar refractivity (Wildman–Crippen MR) is 47.9 cm³/mol. The van der Waals surface area contributed by atoms with Crippen LogP contribution in [0.4, 0.5) is 5.95 Å². The van der Waals surface area contributed by atoms with Crippen LogP contribution in [0.3, 0.4) is 0 Å². The Morgan fingerprint density at radius 1 is 1.67 bits per heavy atom. The zero-order valence-electron chi connectivity index (χ0n) is 5.91. The summed E-state index contributed by atoms with van der Waals surface area (Å²) in [6, 6.07) is 1.67. The molecule has 0 unspecified atom stereocenters. The Hall–Kier alpha value is -1.30. The van der Waals surface area contributed by atoms with Crippen molar-refractivity contribution in [2.24, 2.45) is 0 Å². The molecule has 0 fully saturated rings. The molecule has 0 aliphatic carbocycles. The van der Waals surface area contributed by atoms with Crippen LogP contribution < -0.4 is 11.3 Å². The number of aromatic amines is 1. The molecular weight excluding hydrogens is 224 g/mol. The zero-order valence-corrected chi connectivity index (χ0v) is 7.50. The molecular formula is C6H5BrN4O. The second kappa shape index (κ2) is 2.34. The quantitative estimate of drug-likeness (QED) is 0.685. The molecule has 0 bridgehead atoms. The van der Waals surface area contributed by atoms with Crippen molar-refractivity contribution in [1.82, 2.24) is 14.6 Å². The topological polar surface area (TPSA) is 76.2 Å². The Bertz CT molecular complexity index is 486. The summed E-state index contributed by atoms with van der Waals surface area (Å²) in [7, 11) is 0. The molecule has 0 spiro atoms. The van der Waals surface area contributed by atoms with Gasteiger partial charge in [0, 0.05) is 10.7 Å². The molecule has 2 heterocycles. The van der Waals surface area contributed by atoms with Crippen LogP contribution in [0, 0.1) is 0 Å². The minimum absolute atomic E-state index is 0.107. The third-order valence-corrected chi connectivity index (χ3v) is 1.89. The van der Waals surface area contributed by atoms with Crippen molar-refractivity contribution < 1.29 is 0 Å². The number of halogens is 1. The molecule has 12 heavy (non-hydrogen) atoms. The van der Waals surface area contributed by atoms with E-state index in [1.165, 1.54) is 4.52 Å². The highest BCUT2D eigenvalue weighted by Gasteiger charge is 2.02. The summed E-state index contributed by atoms with van der Waals surface area (Å²) in [6.45, 7) is 0. The van der Waals surface area contributed by atoms with Gasteiger partial charge in [-0.15, -0.1) is 5.10 Å². The van der Waals surface area contributed by atoms with Crippen molar-refractivity contribution >= 4 is 27.4 Å². The van der Waals surface area contributed by atoms with Gasteiger partial charge in [-0.3, -0.25) is 9.78 Å². The Labute approximate surface area is 75.3 Å². The van der Waals surface area contributed by atoms with Crippen LogP contribution in [-0.2, 0) is 0 Å². The van der Waals surface area contributed by atoms with E-state index in [4.69, 9.17) is 5.73 Å². The first-order valence-corrected chi connectivity index (χ1v) is 4.00. The summed E-state index contributed by atoms with van der Waals surface area (Å²) in [4.78, 5) is 13.6. The molecule has 2 aromatic rings. The van der Waals surface area contributed by atoms with Crippen LogP contribution in [0.2, 0.25) is 0 Å². The van der Waals surface area contributed by atoms with Crippen LogP contribution in [0.5, 0.6) is 0 Å². The first kappa shape index (κ1) is 7.35. The zero-order chi connectivity index (χ0) is 8.72. The molecule has 5 nitrogen and oxygen atoms in total. The van der Waals surface area contributed by atoms with Gasteiger partial charge in [-0.1, -0.05) is 0 Å². The van der Waals surface area contributed by atoms with Gasteiger partial charge in [-0.05, 0) is 22.0 Å². The molecule has 2 rings (SSSR count). The fraction of sp³-hybridized carbons (Fsp3) is 0. The summed E-state index contributed by atoms with van der Waals surface area (Å²) in [5, 5.41) is 3.87. The van der Waals surface area contributed by atoms with E-state index in [-0.39, 0.29) is 11.5 Å². The third kappa shape index (κ3) is 1.00. The van der Waals surface area contributed by atoms with Gasteiger partial charge in [-0.2, -0.15) is 0 Å². The molecule has 0 atom stereocenters. The molecule has 0 aliphatic rings. The monoisotopic (exact) mass is 228 g/mol. The number of rotatable bonds is 0. The Balaban J connectivity index is 2.98. The lowest BCUT2D eigenvalue weighted by atomic mass is 10.5. The maximum atomic E-state index is 11.2. The molecule has 0 aromatic carbocycles. The number of nitrogen functional groups attached to an aromatic ring is 1. The summed E-state index contributed by atoms with van der Waals surface area (Å²) in [6.07, 6.45) is 1.67. The van der Waals surface area contributed by atoms with Crippen molar-refractivity contribution in [1.29, 1.82) is 0 Å². The lowest BCUT2D eigenvalue weighted by molar-refractivity contribution is 0.903. The highest BCUT2D eigenvalue weighted by atomic mass is 79.9. The fourth-order valence-corrected chi connectivity index (χ4v) is 1.40. The number of nitrogens with one attached hydrogen (secondary N) is 1. The standard InChI is InChI=1S/C6H5BrN4O/c7-3-1-4-5(12)9-6(8)10-11(4)2-3/h1-2H,(H3,8,9,10,12). The smallest absolute Gasteiger partial charge is 0.276 e. The second-order valence-electron chi connectivity index (χ2n) is 2.33. The maximum absolute atomic E-state index is 11.2. The van der Waals surface area contributed by atoms with Crippen molar-refractivity contribution in [3.05, 3.63) is 27.1 Å². The molecule has 3 N–H and O–H groups in total. The number of fused-ring (bicyclic) bond motifs is 1. The van der Waals surface area contributed by atoms with Gasteiger partial charge in [0.25, 0.3) is 5.56 Å². The summed E-state index contributed by atoms with van der Waals surface area (Å²) in [5.74, 6) is 0.107. The van der Waals surface area contributed by atoms with E-state index in [2.05, 4.69) is 26.0 Å². The highest BCUT2D eigenvalue weighted by Crippen LogP contribution is 2.11. The van der Waals surface area contributed by atoms with Crippen LogP contribution >= 0.6 is 15.9 Å². The van der Waals surface area contributed by atoms with Gasteiger partial charge in [0.05, 0.1) is 0 Å². The van der Waals surface area contributed by atoms with Gasteiger partial charge in [0.1, 0.15) is 5.52 Å². The van der Waals surface area contributed by atoms with Crippen LogP contribution in [-0.4, -0.2) is 14.6 Å². The molecule has 0 saturated heterocycles. The molecule has 0 amide bonds. The Morgan fingerprint density at radius 2 is 2.42 bits per heavy atom. The minimum Gasteiger partial charge on any atom is -0.368 e. The molecule has 0 saturated carbocycles. The molecule has 0 aliphatic heterocycles. The first-order valence-electron chi connectivity index (χ1n) is 3.20. The van der Waals surface area contributed by atoms with Gasteiger partial charge in [0.2, 0.25) is 5.95 Å². The molecule has 0 radical (unpaired) electrons. The summed E-state index contributed by atoms with van der Waals surface area (Å²) >= 11 is 3.23. The lowest BCUT2D eigenvalue weighted by Crippen LogP contribution is -2.14. The van der Waals surface area contributed by atoms with Crippen molar-refractivity contribution in [3.8, 4) is 0 Å². The number of hydrogen-bond donors (Lipinski definition) is 2. The van der Waals surface area contributed by atoms with Crippen molar-refractivity contribution in [2.75, 3.05) is 5.73 Å². The lowest BCUT2D eigenvalue weighted by Gasteiger charge is -1.93. The average Bonchev–Trinajstić information content (AvgIpc) is 2.29. The third-order valence-electron chi connectivity index (χ3n) is 1.46. The van der Waals surface area contributed by atoms with Crippen LogP contribution in [0.25, 0.3) is 5.52 Å². The van der Waals surface area contributed by atoms with Crippen LogP contribution in [0.1, 0.15) is 0 Å². The number of aromatic nitrogens is 3. The summed E-state index contributed by atoms with van der Waals surface area (Å²) < 4.78 is 2.23. The maximum Gasteiger partial charge on any atom is 0.276 e. The number of hydrogen-bond acceptors (Lipinski definition) is 3. The fourth-order valence-electron chi connectivity index (χ4n) is 0.994. The Morgan fingerprint density at radius 3 is 3.17 bits per heavy atom. The predicted octanol–water partition coefficient (Wildman–Crippen LogP) is 0.367. The van der Waals surface area contributed by atoms with Crippen molar-refractivity contribution in [3.63, 3.8) is 0 Å². The molecule has 2 aromatic heterocycles. The van der Waals surface area contributed by atoms with E-state index in [0.29, 0.717) is 5.52 Å². The highest BCUT2D eigenvalue weighted by molar-refractivity contribution is 9.10. The number of anilines is 1. The Kier molecular flexibility index (Phi) is 1.44.